The molecule has 4 nitrogen and oxygen atoms in total. The summed E-state index contributed by atoms with van der Waals surface area (Å²) in [6, 6.07) is 10.8. The van der Waals surface area contributed by atoms with E-state index in [2.05, 4.69) is 11.2 Å². The number of nitro groups is 1. The Kier molecular flexibility index (Phi) is 3.60. The lowest BCUT2D eigenvalue weighted by Crippen LogP contribution is -1.97. The first-order valence-electron chi connectivity index (χ1n) is 5.22. The predicted molar refractivity (Wildman–Crippen MR) is 72.7 cm³/mol. The molecule has 1 aromatic heterocycles. The third-order valence-corrected chi connectivity index (χ3v) is 3.36. The predicted octanol–water partition coefficient (Wildman–Crippen LogP) is 3.25. The summed E-state index contributed by atoms with van der Waals surface area (Å²) in [7, 11) is 0. The number of hydrogen-bond acceptors (Lipinski definition) is 4. The smallest absolute Gasteiger partial charge is 0.324 e. The second-order valence-corrected chi connectivity index (χ2v) is 4.72. The van der Waals surface area contributed by atoms with Crippen molar-refractivity contribution < 1.29 is 4.92 Å². The molecule has 0 aliphatic rings. The lowest BCUT2D eigenvalue weighted by atomic mass is 10.2. The maximum absolute atomic E-state index is 10.5. The minimum atomic E-state index is -0.382. The van der Waals surface area contributed by atoms with Gasteiger partial charge in [0.1, 0.15) is 0 Å². The highest BCUT2D eigenvalue weighted by Crippen LogP contribution is 2.24. The SMILES string of the molecule is C#Cc1cccc(NCc2ccc([N+](=O)[O-])s2)c1. The summed E-state index contributed by atoms with van der Waals surface area (Å²) in [6.45, 7) is 0.548. The first kappa shape index (κ1) is 12.1. The summed E-state index contributed by atoms with van der Waals surface area (Å²) in [5, 5.41) is 13.9. The maximum atomic E-state index is 10.5. The third-order valence-electron chi connectivity index (χ3n) is 2.32. The summed E-state index contributed by atoms with van der Waals surface area (Å²) < 4.78 is 0. The van der Waals surface area contributed by atoms with Crippen LogP contribution in [0.4, 0.5) is 10.7 Å². The van der Waals surface area contributed by atoms with E-state index in [0.717, 1.165) is 16.1 Å². The highest BCUT2D eigenvalue weighted by Gasteiger charge is 2.09. The van der Waals surface area contributed by atoms with Crippen LogP contribution in [0.2, 0.25) is 0 Å². The molecule has 0 atom stereocenters. The van der Waals surface area contributed by atoms with Gasteiger partial charge in [-0.25, -0.2) is 0 Å². The second-order valence-electron chi connectivity index (χ2n) is 3.58. The van der Waals surface area contributed by atoms with Crippen LogP contribution in [-0.4, -0.2) is 4.92 Å². The minimum Gasteiger partial charge on any atom is -0.380 e. The molecule has 18 heavy (non-hydrogen) atoms. The molecule has 0 unspecified atom stereocenters. The lowest BCUT2D eigenvalue weighted by molar-refractivity contribution is -0.380. The van der Waals surface area contributed by atoms with Crippen LogP contribution >= 0.6 is 11.3 Å². The summed E-state index contributed by atoms with van der Waals surface area (Å²) in [5.74, 6) is 2.56. The van der Waals surface area contributed by atoms with Crippen LogP contribution in [0, 0.1) is 22.5 Å². The molecular formula is C13H10N2O2S. The number of nitrogens with zero attached hydrogens (tertiary/aromatic N) is 1. The number of rotatable bonds is 4. The zero-order valence-corrected chi connectivity index (χ0v) is 10.2. The van der Waals surface area contributed by atoms with Crippen LogP contribution in [0.5, 0.6) is 0 Å². The Bertz CT molecular complexity index is 613. The van der Waals surface area contributed by atoms with Crippen molar-refractivity contribution in [3.05, 3.63) is 57.0 Å². The van der Waals surface area contributed by atoms with Gasteiger partial charge in [0, 0.05) is 28.7 Å². The Labute approximate surface area is 108 Å². The van der Waals surface area contributed by atoms with Gasteiger partial charge in [-0.15, -0.1) is 6.42 Å². The highest BCUT2D eigenvalue weighted by molar-refractivity contribution is 7.15. The van der Waals surface area contributed by atoms with Crippen LogP contribution in [0.25, 0.3) is 0 Å². The molecule has 1 N–H and O–H groups in total. The van der Waals surface area contributed by atoms with E-state index >= 15 is 0 Å². The average molecular weight is 258 g/mol. The van der Waals surface area contributed by atoms with Gasteiger partial charge in [-0.3, -0.25) is 10.1 Å². The molecule has 0 saturated heterocycles. The molecule has 2 aromatic rings. The molecule has 0 bridgehead atoms. The van der Waals surface area contributed by atoms with Crippen molar-refractivity contribution in [2.75, 3.05) is 5.32 Å². The van der Waals surface area contributed by atoms with E-state index in [9.17, 15) is 10.1 Å². The standard InChI is InChI=1S/C13H10N2O2S/c1-2-10-4-3-5-11(8-10)14-9-12-6-7-13(18-12)15(16)17/h1,3-8,14H,9H2. The molecule has 0 radical (unpaired) electrons. The van der Waals surface area contributed by atoms with E-state index in [0.29, 0.717) is 6.54 Å². The van der Waals surface area contributed by atoms with Crippen molar-refractivity contribution in [2.24, 2.45) is 0 Å². The van der Waals surface area contributed by atoms with E-state index < -0.39 is 0 Å². The summed E-state index contributed by atoms with van der Waals surface area (Å²) in [4.78, 5) is 11.1. The molecule has 0 aliphatic carbocycles. The molecule has 5 heteroatoms. The summed E-state index contributed by atoms with van der Waals surface area (Å²) in [5.41, 5.74) is 1.71. The van der Waals surface area contributed by atoms with E-state index in [1.54, 1.807) is 6.07 Å². The summed E-state index contributed by atoms with van der Waals surface area (Å²) >= 11 is 1.17. The van der Waals surface area contributed by atoms with Gasteiger partial charge in [-0.1, -0.05) is 23.3 Å². The largest absolute Gasteiger partial charge is 0.380 e. The fourth-order valence-electron chi connectivity index (χ4n) is 1.47. The van der Waals surface area contributed by atoms with Crippen molar-refractivity contribution in [3.63, 3.8) is 0 Å². The first-order chi connectivity index (χ1) is 8.69. The fourth-order valence-corrected chi connectivity index (χ4v) is 2.23. The van der Waals surface area contributed by atoms with Gasteiger partial charge in [-0.05, 0) is 24.3 Å². The molecule has 0 amide bonds. The van der Waals surface area contributed by atoms with Crippen LogP contribution in [0.1, 0.15) is 10.4 Å². The van der Waals surface area contributed by atoms with Crippen LogP contribution < -0.4 is 5.32 Å². The van der Waals surface area contributed by atoms with Gasteiger partial charge >= 0.3 is 5.00 Å². The van der Waals surface area contributed by atoms with E-state index in [4.69, 9.17) is 6.42 Å². The Morgan fingerprint density at radius 2 is 2.22 bits per heavy atom. The van der Waals surface area contributed by atoms with Crippen molar-refractivity contribution in [2.45, 2.75) is 6.54 Å². The van der Waals surface area contributed by atoms with E-state index in [1.807, 2.05) is 24.3 Å². The van der Waals surface area contributed by atoms with Gasteiger partial charge in [0.25, 0.3) is 0 Å². The van der Waals surface area contributed by atoms with Gasteiger partial charge < -0.3 is 5.32 Å². The molecule has 1 aromatic carbocycles. The van der Waals surface area contributed by atoms with E-state index in [1.165, 1.54) is 17.4 Å². The Hall–Kier alpha value is -2.32. The Morgan fingerprint density at radius 1 is 1.39 bits per heavy atom. The molecule has 0 spiro atoms. The monoisotopic (exact) mass is 258 g/mol. The number of benzene rings is 1. The van der Waals surface area contributed by atoms with Crippen molar-refractivity contribution in [3.8, 4) is 12.3 Å². The molecule has 0 fully saturated rings. The number of hydrogen-bond donors (Lipinski definition) is 1. The van der Waals surface area contributed by atoms with Crippen LogP contribution in [-0.2, 0) is 6.54 Å². The minimum absolute atomic E-state index is 0.157. The molecular weight excluding hydrogens is 248 g/mol. The summed E-state index contributed by atoms with van der Waals surface area (Å²) in [6.07, 6.45) is 5.31. The molecule has 1 heterocycles. The quantitative estimate of drug-likeness (QED) is 0.520. The topological polar surface area (TPSA) is 55.2 Å². The Balaban J connectivity index is 2.02. The zero-order chi connectivity index (χ0) is 13.0. The lowest BCUT2D eigenvalue weighted by Gasteiger charge is -2.04. The number of terminal acetylenes is 1. The van der Waals surface area contributed by atoms with E-state index in [-0.39, 0.29) is 9.92 Å². The third kappa shape index (κ3) is 2.87. The number of thiophene rings is 1. The molecule has 0 aliphatic heterocycles. The highest BCUT2D eigenvalue weighted by atomic mass is 32.1. The van der Waals surface area contributed by atoms with Gasteiger partial charge in [0.2, 0.25) is 0 Å². The number of anilines is 1. The second kappa shape index (κ2) is 5.34. The number of nitrogens with one attached hydrogen (secondary N) is 1. The normalized spacial score (nSPS) is 9.72. The first-order valence-corrected chi connectivity index (χ1v) is 6.04. The maximum Gasteiger partial charge on any atom is 0.324 e. The zero-order valence-electron chi connectivity index (χ0n) is 9.42. The Morgan fingerprint density at radius 3 is 2.89 bits per heavy atom. The fraction of sp³-hybridized carbons (Fsp3) is 0.0769. The van der Waals surface area contributed by atoms with Crippen LogP contribution in [0.3, 0.4) is 0 Å². The van der Waals surface area contributed by atoms with Crippen molar-refractivity contribution >= 4 is 22.0 Å². The molecule has 90 valence electrons. The van der Waals surface area contributed by atoms with Gasteiger partial charge in [0.15, 0.2) is 0 Å². The van der Waals surface area contributed by atoms with Gasteiger partial charge in [-0.2, -0.15) is 0 Å². The van der Waals surface area contributed by atoms with Crippen LogP contribution in [0.15, 0.2) is 36.4 Å². The van der Waals surface area contributed by atoms with Crippen molar-refractivity contribution in [1.82, 2.24) is 0 Å². The molecule has 2 rings (SSSR count). The van der Waals surface area contributed by atoms with Gasteiger partial charge in [0.05, 0.1) is 4.92 Å². The van der Waals surface area contributed by atoms with Crippen molar-refractivity contribution in [1.29, 1.82) is 0 Å². The molecule has 0 saturated carbocycles. The average Bonchev–Trinajstić information content (AvgIpc) is 2.85.